The van der Waals surface area contributed by atoms with E-state index in [4.69, 9.17) is 127 Å². The molecule has 0 saturated carbocycles. The van der Waals surface area contributed by atoms with Crippen molar-refractivity contribution in [3.63, 3.8) is 0 Å². The Balaban J connectivity index is 0.000000134. The molecule has 15 heterocycles. The normalized spacial score (nSPS) is 31.6. The van der Waals surface area contributed by atoms with Gasteiger partial charge in [-0.25, -0.2) is 82.2 Å². The van der Waals surface area contributed by atoms with Gasteiger partial charge in [-0.1, -0.05) is 123 Å². The van der Waals surface area contributed by atoms with Crippen molar-refractivity contribution in [3.8, 4) is 0 Å². The lowest BCUT2D eigenvalue weighted by Crippen LogP contribution is -2.91. The van der Waals surface area contributed by atoms with Gasteiger partial charge in [-0.2, -0.15) is 26.3 Å². The van der Waals surface area contributed by atoms with Crippen molar-refractivity contribution in [1.29, 1.82) is 0 Å². The van der Waals surface area contributed by atoms with Crippen LogP contribution in [0.15, 0.2) is 97.1 Å². The molecule has 0 radical (unpaired) electrons. The van der Waals surface area contributed by atoms with E-state index in [1.54, 1.807) is 35.8 Å². The summed E-state index contributed by atoms with van der Waals surface area (Å²) in [6.07, 6.45) is -14.6. The molecule has 5 saturated heterocycles. The molecule has 5 spiro atoms. The Labute approximate surface area is 864 Å². The number of halogens is 12. The summed E-state index contributed by atoms with van der Waals surface area (Å²) in [6.45, 7) is 10.2. The molecule has 20 atom stereocenters. The molecule has 50 nitrogen and oxygen atoms in total. The van der Waals surface area contributed by atoms with Gasteiger partial charge in [0.2, 0.25) is 0 Å². The first-order chi connectivity index (χ1) is 70.1. The van der Waals surface area contributed by atoms with Gasteiger partial charge < -0.3 is 74.7 Å². The monoisotopic (exact) mass is 2200 g/mol. The van der Waals surface area contributed by atoms with Gasteiger partial charge in [-0.05, 0) is 99.7 Å². The number of esters is 5. The fourth-order valence-electron chi connectivity index (χ4n) is 22.5. The number of nitrogens with zero attached hydrogens (tertiary/aromatic N) is 5. The average molecular weight is 2210 g/mol. The molecule has 0 aliphatic carbocycles. The molecule has 15 aliphatic heterocycles. The molecular formula is C88H114Cl4F8N30O20+10. The van der Waals surface area contributed by atoms with E-state index in [1.807, 2.05) is 40.7 Å². The Morgan fingerprint density at radius 1 is 0.353 bits per heavy atom. The minimum atomic E-state index is -5.11. The summed E-state index contributed by atoms with van der Waals surface area (Å²) < 4.78 is 142. The van der Waals surface area contributed by atoms with Gasteiger partial charge in [-0.3, -0.25) is 109 Å². The zero-order valence-electron chi connectivity index (χ0n) is 80.1. The number of benzene rings is 5. The van der Waals surface area contributed by atoms with E-state index in [0.29, 0.717) is 49.8 Å². The summed E-state index contributed by atoms with van der Waals surface area (Å²) in [4.78, 5) is 78.1. The highest BCUT2D eigenvalue weighted by Crippen LogP contribution is 2.48. The smallest absolute Gasteiger partial charge is 0.417 e. The average Bonchev–Trinajstić information content (AvgIpc) is 1.54. The number of nitrogens with one attached hydrogen (secondary N) is 15. The summed E-state index contributed by atoms with van der Waals surface area (Å²) in [7, 11) is 0. The number of aryl methyl sites for hydroxylation is 1. The molecule has 45 N–H and O–H groups in total. The van der Waals surface area contributed by atoms with Crippen LogP contribution in [0.3, 0.4) is 0 Å². The van der Waals surface area contributed by atoms with Crippen LogP contribution in [-0.4, -0.2) is 344 Å². The molecular weight excluding hydrogens is 2090 g/mol. The zero-order valence-corrected chi connectivity index (χ0v) is 83.1. The number of carbonyl (C=O) groups is 5. The van der Waals surface area contributed by atoms with Crippen molar-refractivity contribution in [2.75, 3.05) is 32.7 Å². The second-order valence-electron chi connectivity index (χ2n) is 37.9. The van der Waals surface area contributed by atoms with Crippen molar-refractivity contribution < 1.29 is 182 Å². The fourth-order valence-corrected chi connectivity index (χ4v) is 23.2. The van der Waals surface area contributed by atoms with Crippen molar-refractivity contribution in [2.45, 2.75) is 234 Å². The Hall–Kier alpha value is -13.7. The first kappa shape index (κ1) is 109. The molecule has 5 fully saturated rings. The van der Waals surface area contributed by atoms with Crippen LogP contribution in [0.5, 0.6) is 0 Å². The minimum Gasteiger partial charge on any atom is -0.449 e. The van der Waals surface area contributed by atoms with E-state index >= 15 is 0 Å². The third kappa shape index (κ3) is 17.0. The van der Waals surface area contributed by atoms with Crippen LogP contribution in [0, 0.1) is 18.6 Å². The van der Waals surface area contributed by atoms with E-state index in [-0.39, 0.29) is 131 Å². The van der Waals surface area contributed by atoms with Crippen LogP contribution in [0.4, 0.5) is 35.1 Å². The summed E-state index contributed by atoms with van der Waals surface area (Å²) in [5, 5.41) is 140. The maximum absolute atomic E-state index is 14.5. The van der Waals surface area contributed by atoms with Gasteiger partial charge >= 0.3 is 130 Å². The van der Waals surface area contributed by atoms with Crippen LogP contribution in [0.25, 0.3) is 0 Å². The van der Waals surface area contributed by atoms with E-state index in [2.05, 4.69) is 78.1 Å². The third-order valence-electron chi connectivity index (χ3n) is 29.6. The predicted octanol–water partition coefficient (Wildman–Crippen LogP) is -16.4. The molecule has 0 amide bonds. The highest BCUT2D eigenvalue weighted by atomic mass is 35.5. The molecule has 5 aromatic rings. The lowest BCUT2D eigenvalue weighted by Gasteiger charge is -2.40. The van der Waals surface area contributed by atoms with Gasteiger partial charge in [0.25, 0.3) is 28.9 Å². The van der Waals surface area contributed by atoms with Gasteiger partial charge in [0.1, 0.15) is 68.5 Å². The maximum atomic E-state index is 14.5. The van der Waals surface area contributed by atoms with Crippen LogP contribution >= 0.6 is 46.4 Å². The maximum Gasteiger partial charge on any atom is 0.417 e. The van der Waals surface area contributed by atoms with Gasteiger partial charge in [0.05, 0.1) is 53.5 Å². The van der Waals surface area contributed by atoms with E-state index in [9.17, 15) is 110 Å². The SMILES string of the molecule is CC[C@@H]1NC(N)=[N+]2C[C@H](OC(=O)c3c(C(F)(F)F)ccc(Cl)c3F)C(O)(O)[C@@]23NC(N)=[NH+][C@@H]13.CC[C@@H]1NC(N)=[N+]2C[C@H](OC(=O)c3cccc(C)c3)C(O)(O)[C@@]23NC(N)=[NH+][C@@H]13.CC[C@@H]1NC(N)=[N+]2C[C@H](OC(=O)c3cccc(Cl)c3Cl)C(O)(O)[C@@]23NC(N)=[NH+][C@@H]13.CC[C@@H]1NC(N)=[N+]2C[C@H](OC(=O)c3cccc(Cl)c3F)C(O)(O)[C@@]23NC(N)=[NH+][C@@H]13.CC[C@@H]1NC(N)=[N+]2C[C@H](OC(=O)c3ccccc3C(F)(F)F)C(O)(O)[C@@]23NC(N)=[NH+][C@@H]13. The molecule has 0 bridgehead atoms. The zero-order chi connectivity index (χ0) is 110. The Morgan fingerprint density at radius 2 is 0.627 bits per heavy atom. The number of aliphatic hydroxyl groups is 10. The Bertz CT molecular complexity index is 6550. The van der Waals surface area contributed by atoms with Crippen LogP contribution in [0.2, 0.25) is 20.1 Å². The summed E-state index contributed by atoms with van der Waals surface area (Å²) in [5.41, 5.74) is 47.8. The lowest BCUT2D eigenvalue weighted by molar-refractivity contribution is -0.674. The summed E-state index contributed by atoms with van der Waals surface area (Å²) in [5.74, 6) is -20.4. The molecule has 810 valence electrons. The number of nitrogens with two attached hydrogens (primary N) is 10. The lowest BCUT2D eigenvalue weighted by atomic mass is 9.85. The van der Waals surface area contributed by atoms with Crippen molar-refractivity contribution in [3.05, 3.63) is 173 Å². The Morgan fingerprint density at radius 3 is 0.947 bits per heavy atom. The first-order valence-electron chi connectivity index (χ1n) is 46.8. The standard InChI is InChI=1S/C18H19ClF4N6O4.C18H21F3N6O4.C18H24N6O4.C17H20Cl2N6O4.C17H20ClFN6O4/c1-2-8-12-16(28-14(24)27-12)17(31,32)9(5-29(16)15(25)26-8)33-13(30)10-6(18(21,22)23)3-4-7(19)11(10)20;1-2-10-12-16(26-14(22)25-12)17(29,30)11(7-27(16)15(23)24-10)31-13(28)8-5-3-4-6-9(8)18(19,20)21;1-3-11-13-17(23-15(19)22-13)18(26,27)12(8-24(17)16(20)21-11)28-14(25)10-6-4-5-9(2)7-10;2*1-2-9-12-16(24-14(20)23-12)17(27,28)10(6-25(16)15(21)22-9)29-13(26)7-4-3-5-8(18)11(7)19/h3-4,8-9,12,31-32H,2,5H2,1H3,(H5,24,25,26,27,28);3-6,10-12,29-30H,2,7H2,1H3,(H5,22,23,24,25,26);4-7,11-13,26-27H,3,8H2,1-2H3,(H5,19,20,21,22,23);2*3-5,9-10,12,27-28H,2,6H2,1H3,(H5,20,21,22,23,24)/p+10/t8-,9-,12-,16-;10-,11-,12-,16-;11-,12-,13-,17-;2*9-,10-,12-,16-/m00000/s1. The number of hydrogen-bond donors (Lipinski definition) is 35. The topological polar surface area (TPSA) is 799 Å². The summed E-state index contributed by atoms with van der Waals surface area (Å²) in [6, 6.07) is 15.7. The van der Waals surface area contributed by atoms with Crippen LogP contribution in [-0.2, 0) is 36.0 Å². The number of alkyl halides is 6. The number of ether oxygens (including phenoxy) is 5. The second-order valence-corrected chi connectivity index (χ2v) is 39.5. The third-order valence-corrected chi connectivity index (χ3v) is 31.0. The minimum absolute atomic E-state index is 0.0129. The van der Waals surface area contributed by atoms with Gasteiger partial charge in [0.15, 0.2) is 72.4 Å². The van der Waals surface area contributed by atoms with Crippen molar-refractivity contribution in [2.24, 2.45) is 57.3 Å². The van der Waals surface area contributed by atoms with E-state index in [1.165, 1.54) is 54.7 Å². The molecule has 0 aromatic heterocycles. The first-order valence-corrected chi connectivity index (χ1v) is 48.3. The molecule has 62 heteroatoms. The number of carbonyl (C=O) groups excluding carboxylic acids is 5. The second kappa shape index (κ2) is 38.7. The molecule has 150 heavy (non-hydrogen) atoms. The molecule has 15 aliphatic rings. The summed E-state index contributed by atoms with van der Waals surface area (Å²) >= 11 is 23.3. The van der Waals surface area contributed by atoms with Crippen LogP contribution < -0.4 is 135 Å². The largest absolute Gasteiger partial charge is 0.449 e. The number of hydrogen-bond acceptors (Lipinski definition) is 40. The molecule has 5 aromatic carbocycles. The van der Waals surface area contributed by atoms with E-state index in [0.717, 1.165) is 23.8 Å². The molecule has 0 unspecified atom stereocenters. The van der Waals surface area contributed by atoms with Gasteiger partial charge in [0, 0.05) is 0 Å². The van der Waals surface area contributed by atoms with Crippen LogP contribution in [0.1, 0.15) is 135 Å². The Kier molecular flexibility index (Phi) is 28.1. The highest BCUT2D eigenvalue weighted by molar-refractivity contribution is 6.43. The van der Waals surface area contributed by atoms with Crippen molar-refractivity contribution in [1.82, 2.24) is 53.2 Å². The van der Waals surface area contributed by atoms with E-state index < -0.39 is 217 Å². The molecule has 20 rings (SSSR count). The fraction of sp³-hybridized carbons (Fsp3) is 0.489. The number of rotatable bonds is 15. The van der Waals surface area contributed by atoms with Crippen molar-refractivity contribution >= 4 is 136 Å². The quantitative estimate of drug-likeness (QED) is 0.0152. The highest BCUT2D eigenvalue weighted by Gasteiger charge is 2.85. The van der Waals surface area contributed by atoms with Gasteiger partial charge in [-0.15, -0.1) is 0 Å². The predicted molar refractivity (Wildman–Crippen MR) is 506 cm³/mol. The number of guanidine groups is 10.